The van der Waals surface area contributed by atoms with Gasteiger partial charge in [0.15, 0.2) is 5.82 Å². The minimum absolute atomic E-state index is 0.0837. The van der Waals surface area contributed by atoms with Crippen LogP contribution in [0.1, 0.15) is 18.4 Å². The molecule has 140 valence electrons. The normalized spacial score (nSPS) is 17.8. The van der Waals surface area contributed by atoms with E-state index in [9.17, 15) is 13.2 Å². The molecule has 1 aliphatic heterocycles. The van der Waals surface area contributed by atoms with E-state index in [1.807, 2.05) is 0 Å². The van der Waals surface area contributed by atoms with E-state index in [4.69, 9.17) is 5.73 Å². The maximum Gasteiger partial charge on any atom is 0.421 e. The Kier molecular flexibility index (Phi) is 5.17. The first-order valence-corrected chi connectivity index (χ1v) is 8.36. The van der Waals surface area contributed by atoms with Gasteiger partial charge in [-0.3, -0.25) is 0 Å². The first-order chi connectivity index (χ1) is 12.4. The molecular formula is C17H21F3N6. The predicted octanol–water partition coefficient (Wildman–Crippen LogP) is 3.01. The van der Waals surface area contributed by atoms with Crippen LogP contribution in [-0.2, 0) is 6.18 Å². The van der Waals surface area contributed by atoms with Crippen LogP contribution in [0.2, 0.25) is 0 Å². The Hall–Kier alpha value is -2.55. The van der Waals surface area contributed by atoms with Gasteiger partial charge in [-0.2, -0.15) is 18.2 Å². The van der Waals surface area contributed by atoms with Crippen LogP contribution < -0.4 is 21.3 Å². The molecule has 9 heteroatoms. The number of piperidine rings is 1. The Morgan fingerprint density at radius 2 is 2.08 bits per heavy atom. The van der Waals surface area contributed by atoms with Crippen molar-refractivity contribution in [1.82, 2.24) is 15.3 Å². The number of anilines is 4. The fourth-order valence-electron chi connectivity index (χ4n) is 2.96. The Morgan fingerprint density at radius 3 is 2.73 bits per heavy atom. The zero-order chi connectivity index (χ0) is 18.7. The number of nitrogen functional groups attached to an aromatic ring is 1. The van der Waals surface area contributed by atoms with Crippen molar-refractivity contribution in [2.75, 3.05) is 36.1 Å². The summed E-state index contributed by atoms with van der Waals surface area (Å²) in [7, 11) is 1.51. The van der Waals surface area contributed by atoms with Crippen LogP contribution in [-0.4, -0.2) is 36.1 Å². The zero-order valence-electron chi connectivity index (χ0n) is 14.3. The average molecular weight is 366 g/mol. The Bertz CT molecular complexity index is 758. The number of nitrogens with zero attached hydrogens (tertiary/aromatic N) is 3. The van der Waals surface area contributed by atoms with E-state index in [0.29, 0.717) is 11.4 Å². The van der Waals surface area contributed by atoms with Gasteiger partial charge < -0.3 is 21.3 Å². The van der Waals surface area contributed by atoms with E-state index in [1.54, 1.807) is 24.3 Å². The highest BCUT2D eigenvalue weighted by atomic mass is 19.4. The van der Waals surface area contributed by atoms with Crippen LogP contribution in [0.3, 0.4) is 0 Å². The summed E-state index contributed by atoms with van der Waals surface area (Å²) in [4.78, 5) is 9.36. The molecule has 0 bridgehead atoms. The highest BCUT2D eigenvalue weighted by molar-refractivity contribution is 5.74. The molecule has 0 unspecified atom stereocenters. The van der Waals surface area contributed by atoms with Gasteiger partial charge in [0.05, 0.1) is 11.4 Å². The lowest BCUT2D eigenvalue weighted by Gasteiger charge is -2.26. The fourth-order valence-corrected chi connectivity index (χ4v) is 2.96. The highest BCUT2D eigenvalue weighted by Gasteiger charge is 2.37. The van der Waals surface area contributed by atoms with E-state index < -0.39 is 11.7 Å². The summed E-state index contributed by atoms with van der Waals surface area (Å²) < 4.78 is 40.3. The standard InChI is InChI=1S/C17H21F3N6/c1-26(14-7-3-2-6-13(14)21)15-12(17(18,19)20)10-23-16(25-15)24-11-5-4-8-22-9-11/h2-3,6-7,10-11,22H,4-5,8-9,21H2,1H3,(H,23,24,25)/t11-/m0/s1. The molecule has 1 saturated heterocycles. The summed E-state index contributed by atoms with van der Waals surface area (Å²) in [6, 6.07) is 6.80. The molecule has 0 amide bonds. The van der Waals surface area contributed by atoms with Gasteiger partial charge in [0, 0.05) is 25.8 Å². The largest absolute Gasteiger partial charge is 0.421 e. The molecule has 1 atom stereocenters. The van der Waals surface area contributed by atoms with Crippen molar-refractivity contribution in [2.45, 2.75) is 25.1 Å². The molecule has 1 aromatic heterocycles. The number of nitrogens with one attached hydrogen (secondary N) is 2. The second-order valence-electron chi connectivity index (χ2n) is 6.23. The summed E-state index contributed by atoms with van der Waals surface area (Å²) in [5.41, 5.74) is 5.82. The predicted molar refractivity (Wildman–Crippen MR) is 95.5 cm³/mol. The van der Waals surface area contributed by atoms with Crippen molar-refractivity contribution in [2.24, 2.45) is 0 Å². The van der Waals surface area contributed by atoms with Crippen LogP contribution >= 0.6 is 0 Å². The topological polar surface area (TPSA) is 79.1 Å². The number of benzene rings is 1. The van der Waals surface area contributed by atoms with Gasteiger partial charge in [0.25, 0.3) is 0 Å². The molecule has 26 heavy (non-hydrogen) atoms. The van der Waals surface area contributed by atoms with Crippen molar-refractivity contribution in [1.29, 1.82) is 0 Å². The summed E-state index contributed by atoms with van der Waals surface area (Å²) in [5, 5.41) is 6.35. The number of hydrogen-bond acceptors (Lipinski definition) is 6. The van der Waals surface area contributed by atoms with E-state index in [-0.39, 0.29) is 17.8 Å². The number of hydrogen-bond donors (Lipinski definition) is 3. The van der Waals surface area contributed by atoms with Crippen molar-refractivity contribution in [3.8, 4) is 0 Å². The Morgan fingerprint density at radius 1 is 1.31 bits per heavy atom. The third kappa shape index (κ3) is 3.98. The third-order valence-electron chi connectivity index (χ3n) is 4.32. The number of rotatable bonds is 4. The molecule has 1 aromatic carbocycles. The molecule has 4 N–H and O–H groups in total. The smallest absolute Gasteiger partial charge is 0.397 e. The van der Waals surface area contributed by atoms with Gasteiger partial charge in [-0.05, 0) is 31.5 Å². The number of aromatic nitrogens is 2. The Balaban J connectivity index is 1.96. The lowest BCUT2D eigenvalue weighted by molar-refractivity contribution is -0.137. The fraction of sp³-hybridized carbons (Fsp3) is 0.412. The second kappa shape index (κ2) is 7.36. The van der Waals surface area contributed by atoms with Gasteiger partial charge in [-0.15, -0.1) is 0 Å². The lowest BCUT2D eigenvalue weighted by atomic mass is 10.1. The van der Waals surface area contributed by atoms with E-state index in [2.05, 4.69) is 20.6 Å². The summed E-state index contributed by atoms with van der Waals surface area (Å²) in [6.07, 6.45) is -1.85. The summed E-state index contributed by atoms with van der Waals surface area (Å²) >= 11 is 0. The number of nitrogens with two attached hydrogens (primary N) is 1. The van der Waals surface area contributed by atoms with Gasteiger partial charge in [0.1, 0.15) is 5.56 Å². The third-order valence-corrected chi connectivity index (χ3v) is 4.32. The van der Waals surface area contributed by atoms with E-state index in [0.717, 1.165) is 32.1 Å². The van der Waals surface area contributed by atoms with E-state index in [1.165, 1.54) is 11.9 Å². The zero-order valence-corrected chi connectivity index (χ0v) is 14.3. The molecule has 0 spiro atoms. The van der Waals surface area contributed by atoms with Crippen LogP contribution in [0, 0.1) is 0 Å². The van der Waals surface area contributed by atoms with Crippen LogP contribution in [0.15, 0.2) is 30.5 Å². The number of halogens is 3. The molecule has 0 radical (unpaired) electrons. The number of alkyl halides is 3. The molecular weight excluding hydrogens is 345 g/mol. The highest BCUT2D eigenvalue weighted by Crippen LogP contribution is 2.38. The van der Waals surface area contributed by atoms with Gasteiger partial charge in [-0.25, -0.2) is 4.98 Å². The van der Waals surface area contributed by atoms with Crippen LogP contribution in [0.25, 0.3) is 0 Å². The van der Waals surface area contributed by atoms with Gasteiger partial charge >= 0.3 is 6.18 Å². The Labute approximate surface area is 149 Å². The molecule has 0 saturated carbocycles. The number of para-hydroxylation sites is 2. The molecule has 0 aliphatic carbocycles. The molecule has 2 aromatic rings. The van der Waals surface area contributed by atoms with Crippen molar-refractivity contribution < 1.29 is 13.2 Å². The lowest BCUT2D eigenvalue weighted by Crippen LogP contribution is -2.39. The van der Waals surface area contributed by atoms with Crippen LogP contribution in [0.4, 0.5) is 36.3 Å². The monoisotopic (exact) mass is 366 g/mol. The maximum absolute atomic E-state index is 13.4. The molecule has 3 rings (SSSR count). The van der Waals surface area contributed by atoms with Gasteiger partial charge in [0.2, 0.25) is 5.95 Å². The van der Waals surface area contributed by atoms with Crippen molar-refractivity contribution >= 4 is 23.1 Å². The summed E-state index contributed by atoms with van der Waals surface area (Å²) in [6.45, 7) is 1.66. The van der Waals surface area contributed by atoms with Gasteiger partial charge in [-0.1, -0.05) is 12.1 Å². The first kappa shape index (κ1) is 18.2. The van der Waals surface area contributed by atoms with Crippen molar-refractivity contribution in [3.05, 3.63) is 36.0 Å². The molecule has 1 aliphatic rings. The summed E-state index contributed by atoms with van der Waals surface area (Å²) in [5.74, 6) is -0.0697. The maximum atomic E-state index is 13.4. The molecule has 6 nitrogen and oxygen atoms in total. The SMILES string of the molecule is CN(c1ccccc1N)c1nc(N[C@H]2CCCNC2)ncc1C(F)(F)F. The molecule has 1 fully saturated rings. The van der Waals surface area contributed by atoms with Crippen molar-refractivity contribution in [3.63, 3.8) is 0 Å². The average Bonchev–Trinajstić information content (AvgIpc) is 2.61. The van der Waals surface area contributed by atoms with E-state index >= 15 is 0 Å². The molecule has 2 heterocycles. The second-order valence-corrected chi connectivity index (χ2v) is 6.23. The quantitative estimate of drug-likeness (QED) is 0.722. The minimum Gasteiger partial charge on any atom is -0.397 e. The first-order valence-electron chi connectivity index (χ1n) is 8.36. The minimum atomic E-state index is -4.57. The van der Waals surface area contributed by atoms with Crippen LogP contribution in [0.5, 0.6) is 0 Å².